The van der Waals surface area contributed by atoms with E-state index >= 15 is 0 Å². The molecule has 0 radical (unpaired) electrons. The number of thioether (sulfide) groups is 1. The Morgan fingerprint density at radius 3 is 2.59 bits per heavy atom. The third kappa shape index (κ3) is 11.4. The van der Waals surface area contributed by atoms with E-state index in [9.17, 15) is 9.59 Å². The first-order valence-electron chi connectivity index (χ1n) is 10.7. The lowest BCUT2D eigenvalue weighted by atomic mass is 10.1. The van der Waals surface area contributed by atoms with Crippen molar-refractivity contribution in [2.45, 2.75) is 75.9 Å². The second-order valence-electron chi connectivity index (χ2n) is 7.42. The van der Waals surface area contributed by atoms with Crippen molar-refractivity contribution in [3.8, 4) is 0 Å². The van der Waals surface area contributed by atoms with Gasteiger partial charge in [-0.25, -0.2) is 0 Å². The molecule has 1 aliphatic heterocycles. The van der Waals surface area contributed by atoms with Crippen LogP contribution < -0.4 is 0 Å². The SMILES string of the molecule is CC(=O)CC(=O)OCCCCSc1ccc(CCCCOC2CCCCO2)cc1. The van der Waals surface area contributed by atoms with Crippen LogP contribution in [0.3, 0.4) is 0 Å². The number of unbranched alkanes of at least 4 members (excludes halogenated alkanes) is 2. The number of esters is 1. The molecule has 1 aliphatic rings. The molecule has 2 rings (SSSR count). The van der Waals surface area contributed by atoms with E-state index in [1.165, 1.54) is 23.8 Å². The first kappa shape index (κ1) is 23.9. The number of rotatable bonds is 14. The minimum atomic E-state index is -0.422. The number of hydrogen-bond donors (Lipinski definition) is 0. The minimum absolute atomic E-state index is 0.0210. The molecule has 6 heteroatoms. The van der Waals surface area contributed by atoms with Gasteiger partial charge in [0.05, 0.1) is 6.61 Å². The summed E-state index contributed by atoms with van der Waals surface area (Å²) in [6.45, 7) is 3.40. The zero-order valence-corrected chi connectivity index (χ0v) is 18.3. The molecule has 0 amide bonds. The average molecular weight is 423 g/mol. The topological polar surface area (TPSA) is 61.8 Å². The Hall–Kier alpha value is -1.37. The summed E-state index contributed by atoms with van der Waals surface area (Å²) in [7, 11) is 0. The second kappa shape index (κ2) is 14.6. The van der Waals surface area contributed by atoms with Gasteiger partial charge in [-0.1, -0.05) is 12.1 Å². The van der Waals surface area contributed by atoms with E-state index in [-0.39, 0.29) is 18.5 Å². The van der Waals surface area contributed by atoms with E-state index < -0.39 is 5.97 Å². The highest BCUT2D eigenvalue weighted by Crippen LogP contribution is 2.20. The molecular weight excluding hydrogens is 388 g/mol. The van der Waals surface area contributed by atoms with E-state index in [1.807, 2.05) is 11.8 Å². The summed E-state index contributed by atoms with van der Waals surface area (Å²) >= 11 is 1.82. The van der Waals surface area contributed by atoms with Crippen LogP contribution in [0.15, 0.2) is 29.2 Å². The van der Waals surface area contributed by atoms with E-state index in [0.29, 0.717) is 6.61 Å². The number of benzene rings is 1. The van der Waals surface area contributed by atoms with Crippen molar-refractivity contribution < 1.29 is 23.8 Å². The zero-order valence-electron chi connectivity index (χ0n) is 17.5. The van der Waals surface area contributed by atoms with Crippen molar-refractivity contribution in [1.29, 1.82) is 0 Å². The highest BCUT2D eigenvalue weighted by molar-refractivity contribution is 7.99. The molecule has 0 saturated carbocycles. The molecule has 1 unspecified atom stereocenters. The van der Waals surface area contributed by atoms with Gasteiger partial charge in [-0.15, -0.1) is 11.8 Å². The summed E-state index contributed by atoms with van der Waals surface area (Å²) in [5, 5.41) is 0. The van der Waals surface area contributed by atoms with Crippen LogP contribution in [0.5, 0.6) is 0 Å². The minimum Gasteiger partial charge on any atom is -0.465 e. The molecule has 0 bridgehead atoms. The lowest BCUT2D eigenvalue weighted by Crippen LogP contribution is -2.22. The molecule has 0 spiro atoms. The summed E-state index contributed by atoms with van der Waals surface area (Å²) in [5.74, 6) is 0.412. The number of ether oxygens (including phenoxy) is 3. The molecule has 29 heavy (non-hydrogen) atoms. The molecule has 1 heterocycles. The first-order valence-corrected chi connectivity index (χ1v) is 11.7. The summed E-state index contributed by atoms with van der Waals surface area (Å²) in [4.78, 5) is 23.3. The van der Waals surface area contributed by atoms with E-state index in [4.69, 9.17) is 14.2 Å². The Bertz CT molecular complexity index is 596. The molecule has 1 atom stereocenters. The Kier molecular flexibility index (Phi) is 12.0. The van der Waals surface area contributed by atoms with Crippen molar-refractivity contribution >= 4 is 23.5 Å². The normalized spacial score (nSPS) is 16.5. The largest absolute Gasteiger partial charge is 0.465 e. The van der Waals surface area contributed by atoms with Gasteiger partial charge in [0.25, 0.3) is 0 Å². The predicted octanol–water partition coefficient (Wildman–Crippen LogP) is 4.95. The molecule has 0 aromatic heterocycles. The van der Waals surface area contributed by atoms with Crippen LogP contribution in [0.4, 0.5) is 0 Å². The van der Waals surface area contributed by atoms with Crippen molar-refractivity contribution in [3.63, 3.8) is 0 Å². The standard InChI is InChI=1S/C23H34O5S/c1-19(24)18-22(25)26-14-6-7-17-29-21-12-10-20(11-13-21)8-2-4-15-27-23-9-3-5-16-28-23/h10-13,23H,2-9,14-18H2,1H3. The van der Waals surface area contributed by atoms with Gasteiger partial charge in [-0.2, -0.15) is 0 Å². The Balaban J connectivity index is 1.47. The summed E-state index contributed by atoms with van der Waals surface area (Å²) < 4.78 is 16.4. The van der Waals surface area contributed by atoms with Gasteiger partial charge >= 0.3 is 5.97 Å². The van der Waals surface area contributed by atoms with Crippen molar-refractivity contribution in [2.24, 2.45) is 0 Å². The third-order valence-electron chi connectivity index (χ3n) is 4.69. The lowest BCUT2D eigenvalue weighted by Gasteiger charge is -2.22. The molecule has 5 nitrogen and oxygen atoms in total. The fourth-order valence-corrected chi connectivity index (χ4v) is 3.99. The highest BCUT2D eigenvalue weighted by Gasteiger charge is 2.13. The van der Waals surface area contributed by atoms with Crippen molar-refractivity contribution in [2.75, 3.05) is 25.6 Å². The third-order valence-corrected chi connectivity index (χ3v) is 5.79. The lowest BCUT2D eigenvalue weighted by molar-refractivity contribution is -0.162. The number of ketones is 1. The molecular formula is C23H34O5S. The smallest absolute Gasteiger partial charge is 0.313 e. The second-order valence-corrected chi connectivity index (χ2v) is 8.59. The molecule has 0 aliphatic carbocycles. The first-order chi connectivity index (χ1) is 14.1. The molecule has 0 N–H and O–H groups in total. The fourth-order valence-electron chi connectivity index (χ4n) is 3.08. The fraction of sp³-hybridized carbons (Fsp3) is 0.652. The van der Waals surface area contributed by atoms with Crippen molar-refractivity contribution in [1.82, 2.24) is 0 Å². The van der Waals surface area contributed by atoms with Gasteiger partial charge in [0, 0.05) is 18.1 Å². The Morgan fingerprint density at radius 2 is 1.86 bits per heavy atom. The van der Waals surface area contributed by atoms with Crippen LogP contribution in [0.1, 0.15) is 63.9 Å². The molecule has 1 aromatic rings. The Morgan fingerprint density at radius 1 is 1.07 bits per heavy atom. The monoisotopic (exact) mass is 422 g/mol. The van der Waals surface area contributed by atoms with Gasteiger partial charge in [0.15, 0.2) is 6.29 Å². The number of carbonyl (C=O) groups excluding carboxylic acids is 2. The van der Waals surface area contributed by atoms with Crippen LogP contribution in [-0.2, 0) is 30.2 Å². The number of carbonyl (C=O) groups is 2. The number of aryl methyl sites for hydroxylation is 1. The quantitative estimate of drug-likeness (QED) is 0.183. The Labute approximate surface area is 178 Å². The summed E-state index contributed by atoms with van der Waals surface area (Å²) in [5.41, 5.74) is 1.36. The molecule has 1 aromatic carbocycles. The van der Waals surface area contributed by atoms with Gasteiger partial charge in [-0.05, 0) is 81.7 Å². The zero-order chi connectivity index (χ0) is 20.7. The van der Waals surface area contributed by atoms with Gasteiger partial charge in [-0.3, -0.25) is 9.59 Å². The van der Waals surface area contributed by atoms with Crippen LogP contribution in [0, 0.1) is 0 Å². The van der Waals surface area contributed by atoms with Crippen LogP contribution in [0.2, 0.25) is 0 Å². The number of hydrogen-bond acceptors (Lipinski definition) is 6. The van der Waals surface area contributed by atoms with Gasteiger partial charge < -0.3 is 14.2 Å². The maximum atomic E-state index is 11.3. The summed E-state index contributed by atoms with van der Waals surface area (Å²) in [6.07, 6.45) is 8.36. The van der Waals surface area contributed by atoms with E-state index in [1.54, 1.807) is 0 Å². The maximum Gasteiger partial charge on any atom is 0.313 e. The van der Waals surface area contributed by atoms with E-state index in [2.05, 4.69) is 24.3 Å². The summed E-state index contributed by atoms with van der Waals surface area (Å²) in [6, 6.07) is 8.77. The van der Waals surface area contributed by atoms with E-state index in [0.717, 1.165) is 63.9 Å². The predicted molar refractivity (Wildman–Crippen MR) is 115 cm³/mol. The molecule has 1 fully saturated rings. The van der Waals surface area contributed by atoms with Crippen LogP contribution >= 0.6 is 11.8 Å². The van der Waals surface area contributed by atoms with Crippen molar-refractivity contribution in [3.05, 3.63) is 29.8 Å². The highest BCUT2D eigenvalue weighted by atomic mass is 32.2. The van der Waals surface area contributed by atoms with Crippen LogP contribution in [0.25, 0.3) is 0 Å². The van der Waals surface area contributed by atoms with Gasteiger partial charge in [0.2, 0.25) is 0 Å². The van der Waals surface area contributed by atoms with Crippen LogP contribution in [-0.4, -0.2) is 43.6 Å². The van der Waals surface area contributed by atoms with Gasteiger partial charge in [0.1, 0.15) is 12.2 Å². The maximum absolute atomic E-state index is 11.3. The average Bonchev–Trinajstić information content (AvgIpc) is 2.71. The molecule has 162 valence electrons. The molecule has 1 saturated heterocycles. The number of Topliss-reactive ketones (excluding diaryl/α,β-unsaturated/α-hetero) is 1.